The maximum Gasteiger partial charge on any atom is 0.318 e. The Morgan fingerprint density at radius 2 is 2.12 bits per heavy atom. The maximum atomic E-state index is 13.0. The van der Waals surface area contributed by atoms with Crippen LogP contribution in [0.4, 0.5) is 10.5 Å². The van der Waals surface area contributed by atoms with Crippen LogP contribution in [-0.4, -0.2) is 30.5 Å². The molecule has 2 heterocycles. The maximum absolute atomic E-state index is 13.0. The fraction of sp³-hybridized carbons (Fsp3) is 0.208. The summed E-state index contributed by atoms with van der Waals surface area (Å²) < 4.78 is 13.3. The SMILES string of the molecule is CNC(=O)Nc1ccc2c(c1)C(=O)C(=Cc1cn(CCCC#N)c3ccc(OC)cc13)O2. The van der Waals surface area contributed by atoms with Crippen molar-refractivity contribution < 1.29 is 19.1 Å². The summed E-state index contributed by atoms with van der Waals surface area (Å²) in [5, 5.41) is 14.9. The van der Waals surface area contributed by atoms with Gasteiger partial charge in [0.2, 0.25) is 5.78 Å². The summed E-state index contributed by atoms with van der Waals surface area (Å²) in [5.41, 5.74) is 2.69. The number of methoxy groups -OCH3 is 1. The average Bonchev–Trinajstić information content (AvgIpc) is 3.31. The summed E-state index contributed by atoms with van der Waals surface area (Å²) in [7, 11) is 3.12. The van der Waals surface area contributed by atoms with E-state index < -0.39 is 0 Å². The molecule has 2 aromatic carbocycles. The van der Waals surface area contributed by atoms with Gasteiger partial charge in [0.25, 0.3) is 0 Å². The van der Waals surface area contributed by atoms with E-state index in [9.17, 15) is 9.59 Å². The summed E-state index contributed by atoms with van der Waals surface area (Å²) in [6.07, 6.45) is 4.86. The minimum Gasteiger partial charge on any atom is -0.497 e. The van der Waals surface area contributed by atoms with Crippen molar-refractivity contribution in [2.24, 2.45) is 0 Å². The lowest BCUT2D eigenvalue weighted by molar-refractivity contribution is 0.101. The topological polar surface area (TPSA) is 105 Å². The van der Waals surface area contributed by atoms with Crippen LogP contribution < -0.4 is 20.1 Å². The highest BCUT2D eigenvalue weighted by Crippen LogP contribution is 2.35. The number of amides is 2. The number of unbranched alkanes of at least 4 members (excludes halogenated alkanes) is 1. The molecule has 1 aliphatic heterocycles. The van der Waals surface area contributed by atoms with Crippen LogP contribution in [-0.2, 0) is 6.54 Å². The molecule has 4 rings (SSSR count). The van der Waals surface area contributed by atoms with Gasteiger partial charge in [-0.3, -0.25) is 4.79 Å². The molecule has 2 N–H and O–H groups in total. The highest BCUT2D eigenvalue weighted by atomic mass is 16.5. The van der Waals surface area contributed by atoms with Gasteiger partial charge in [0, 0.05) is 48.4 Å². The molecule has 3 aromatic rings. The van der Waals surface area contributed by atoms with Crippen LogP contribution >= 0.6 is 0 Å². The first kappa shape index (κ1) is 21.0. The first-order chi connectivity index (χ1) is 15.5. The molecule has 32 heavy (non-hydrogen) atoms. The van der Waals surface area contributed by atoms with Gasteiger partial charge in [0.05, 0.1) is 18.7 Å². The molecule has 162 valence electrons. The number of hydrogen-bond acceptors (Lipinski definition) is 5. The lowest BCUT2D eigenvalue weighted by atomic mass is 10.1. The smallest absolute Gasteiger partial charge is 0.318 e. The highest BCUT2D eigenvalue weighted by molar-refractivity contribution is 6.15. The van der Waals surface area contributed by atoms with Crippen molar-refractivity contribution in [1.82, 2.24) is 9.88 Å². The average molecular weight is 430 g/mol. The molecule has 0 aliphatic carbocycles. The predicted octanol–water partition coefficient (Wildman–Crippen LogP) is 4.32. The van der Waals surface area contributed by atoms with Crippen molar-refractivity contribution in [2.75, 3.05) is 19.5 Å². The summed E-state index contributed by atoms with van der Waals surface area (Å²) >= 11 is 0. The summed E-state index contributed by atoms with van der Waals surface area (Å²) in [6.45, 7) is 0.684. The number of aromatic nitrogens is 1. The van der Waals surface area contributed by atoms with Crippen LogP contribution in [0.1, 0.15) is 28.8 Å². The van der Waals surface area contributed by atoms with Crippen molar-refractivity contribution >= 4 is 34.5 Å². The van der Waals surface area contributed by atoms with Crippen LogP contribution in [0.15, 0.2) is 48.4 Å². The minimum absolute atomic E-state index is 0.205. The van der Waals surface area contributed by atoms with E-state index in [0.29, 0.717) is 35.7 Å². The molecule has 0 unspecified atom stereocenters. The number of allylic oxidation sites excluding steroid dienone is 1. The molecule has 1 aliphatic rings. The number of carbonyl (C=O) groups is 2. The van der Waals surface area contributed by atoms with E-state index in [1.165, 1.54) is 7.05 Å². The third-order valence-corrected chi connectivity index (χ3v) is 5.25. The Balaban J connectivity index is 1.69. The molecule has 0 radical (unpaired) electrons. The van der Waals surface area contributed by atoms with E-state index in [4.69, 9.17) is 14.7 Å². The number of fused-ring (bicyclic) bond motifs is 2. The van der Waals surface area contributed by atoms with E-state index in [2.05, 4.69) is 21.3 Å². The van der Waals surface area contributed by atoms with Crippen molar-refractivity contribution in [3.63, 3.8) is 0 Å². The van der Waals surface area contributed by atoms with E-state index in [0.717, 1.165) is 22.9 Å². The zero-order valence-corrected chi connectivity index (χ0v) is 17.8. The monoisotopic (exact) mass is 430 g/mol. The van der Waals surface area contributed by atoms with Gasteiger partial charge >= 0.3 is 6.03 Å². The van der Waals surface area contributed by atoms with E-state index >= 15 is 0 Å². The number of carbonyl (C=O) groups excluding carboxylic acids is 2. The van der Waals surface area contributed by atoms with Crippen LogP contribution in [0.2, 0.25) is 0 Å². The standard InChI is InChI=1S/C24H22N4O4/c1-26-24(30)27-16-5-8-21-19(12-16)23(29)22(32-21)11-15-14-28(10-4-3-9-25)20-7-6-17(31-2)13-18(15)20/h5-8,11-14H,3-4,10H2,1-2H3,(H2,26,27,30). The number of anilines is 1. The van der Waals surface area contributed by atoms with Gasteiger partial charge in [-0.25, -0.2) is 4.79 Å². The Morgan fingerprint density at radius 1 is 1.28 bits per heavy atom. The van der Waals surface area contributed by atoms with Gasteiger partial charge < -0.3 is 24.7 Å². The van der Waals surface area contributed by atoms with E-state index in [1.54, 1.807) is 31.4 Å². The minimum atomic E-state index is -0.370. The number of nitrogens with one attached hydrogen (secondary N) is 2. The van der Waals surface area contributed by atoms with Crippen molar-refractivity contribution in [1.29, 1.82) is 5.26 Å². The third-order valence-electron chi connectivity index (χ3n) is 5.25. The third kappa shape index (κ3) is 4.01. The van der Waals surface area contributed by atoms with Gasteiger partial charge in [-0.1, -0.05) is 0 Å². The molecule has 2 amide bonds. The second-order valence-electron chi connectivity index (χ2n) is 7.28. The molecule has 0 bridgehead atoms. The number of benzene rings is 2. The van der Waals surface area contributed by atoms with Crippen LogP contribution in [0.5, 0.6) is 11.5 Å². The lowest BCUT2D eigenvalue weighted by Gasteiger charge is -2.04. The summed E-state index contributed by atoms with van der Waals surface area (Å²) in [6, 6.07) is 12.5. The molecule has 1 aromatic heterocycles. The van der Waals surface area contributed by atoms with Gasteiger partial charge in [-0.2, -0.15) is 5.26 Å². The van der Waals surface area contributed by atoms with Crippen LogP contribution in [0.25, 0.3) is 17.0 Å². The second-order valence-corrected chi connectivity index (χ2v) is 7.28. The number of nitrogens with zero attached hydrogens (tertiary/aromatic N) is 2. The highest BCUT2D eigenvalue weighted by Gasteiger charge is 2.28. The zero-order chi connectivity index (χ0) is 22.7. The van der Waals surface area contributed by atoms with Gasteiger partial charge in [-0.05, 0) is 48.9 Å². The fourth-order valence-corrected chi connectivity index (χ4v) is 3.66. The largest absolute Gasteiger partial charge is 0.497 e. The van der Waals surface area contributed by atoms with Crippen LogP contribution in [0, 0.1) is 11.3 Å². The van der Waals surface area contributed by atoms with Crippen molar-refractivity contribution in [3.8, 4) is 17.6 Å². The molecule has 8 heteroatoms. The number of aryl methyl sites for hydroxylation is 1. The summed E-state index contributed by atoms with van der Waals surface area (Å²) in [5.74, 6) is 1.10. The normalized spacial score (nSPS) is 13.5. The Bertz CT molecular complexity index is 1280. The molecule has 0 saturated heterocycles. The lowest BCUT2D eigenvalue weighted by Crippen LogP contribution is -2.24. The molecule has 8 nitrogen and oxygen atoms in total. The van der Waals surface area contributed by atoms with E-state index in [1.807, 2.05) is 24.4 Å². The number of urea groups is 1. The van der Waals surface area contributed by atoms with Crippen molar-refractivity contribution in [2.45, 2.75) is 19.4 Å². The Labute approximate surface area is 185 Å². The zero-order valence-electron chi connectivity index (χ0n) is 17.8. The number of ether oxygens (including phenoxy) is 2. The first-order valence-electron chi connectivity index (χ1n) is 10.1. The molecule has 0 spiro atoms. The molecular weight excluding hydrogens is 408 g/mol. The van der Waals surface area contributed by atoms with Gasteiger partial charge in [0.15, 0.2) is 5.76 Å². The first-order valence-corrected chi connectivity index (χ1v) is 10.1. The molecule has 0 atom stereocenters. The molecular formula is C24H22N4O4. The molecule has 0 saturated carbocycles. The number of ketones is 1. The number of hydrogen-bond donors (Lipinski definition) is 2. The second kappa shape index (κ2) is 8.86. The Hall–Kier alpha value is -4.25. The Morgan fingerprint density at radius 3 is 2.88 bits per heavy atom. The predicted molar refractivity (Wildman–Crippen MR) is 121 cm³/mol. The summed E-state index contributed by atoms with van der Waals surface area (Å²) in [4.78, 5) is 24.6. The Kier molecular flexibility index (Phi) is 5.81. The quantitative estimate of drug-likeness (QED) is 0.448. The van der Waals surface area contributed by atoms with Crippen molar-refractivity contribution in [3.05, 3.63) is 59.5 Å². The van der Waals surface area contributed by atoms with Gasteiger partial charge in [-0.15, -0.1) is 0 Å². The number of rotatable bonds is 6. The van der Waals surface area contributed by atoms with Gasteiger partial charge in [0.1, 0.15) is 11.5 Å². The van der Waals surface area contributed by atoms with Crippen LogP contribution in [0.3, 0.4) is 0 Å². The molecule has 0 fully saturated rings. The van der Waals surface area contributed by atoms with E-state index in [-0.39, 0.29) is 17.6 Å². The number of Topliss-reactive ketones (excluding diaryl/α,β-unsaturated/α-hetero) is 1. The fourth-order valence-electron chi connectivity index (χ4n) is 3.66. The number of nitriles is 1.